The maximum absolute atomic E-state index is 12.8. The molecule has 214 valence electrons. The van der Waals surface area contributed by atoms with Crippen molar-refractivity contribution < 1.29 is 19.4 Å². The van der Waals surface area contributed by atoms with Crippen molar-refractivity contribution in [2.45, 2.75) is 44.9 Å². The summed E-state index contributed by atoms with van der Waals surface area (Å²) < 4.78 is 8.24. The number of azide groups is 1. The molecule has 0 unspecified atom stereocenters. The first-order valence-electron chi connectivity index (χ1n) is 14.1. The number of piperidine rings is 1. The van der Waals surface area contributed by atoms with Gasteiger partial charge in [-0.25, -0.2) is 9.59 Å². The Bertz CT molecular complexity index is 1710. The number of amides is 1. The number of carbonyl (C=O) groups excluding carboxylic acids is 1. The van der Waals surface area contributed by atoms with Gasteiger partial charge in [-0.05, 0) is 72.5 Å². The topological polar surface area (TPSA) is 124 Å². The minimum Gasteiger partial charge on any atom is -0.478 e. The fourth-order valence-corrected chi connectivity index (χ4v) is 6.12. The van der Waals surface area contributed by atoms with Gasteiger partial charge in [0.25, 0.3) is 0 Å². The second kappa shape index (κ2) is 10.9. The number of likely N-dealkylation sites (tertiary alicyclic amines) is 1. The van der Waals surface area contributed by atoms with Gasteiger partial charge >= 0.3 is 12.1 Å². The summed E-state index contributed by atoms with van der Waals surface area (Å²) in [6.45, 7) is 7.14. The van der Waals surface area contributed by atoms with Gasteiger partial charge in [0.05, 0.1) is 12.1 Å². The van der Waals surface area contributed by atoms with Crippen molar-refractivity contribution in [1.29, 1.82) is 0 Å². The molecule has 0 atom stereocenters. The molecule has 6 rings (SSSR count). The molecule has 0 saturated carbocycles. The molecule has 0 aliphatic carbocycles. The van der Waals surface area contributed by atoms with Crippen LogP contribution in [0.25, 0.3) is 32.5 Å². The van der Waals surface area contributed by atoms with Crippen LogP contribution in [0.15, 0.2) is 78.0 Å². The zero-order valence-corrected chi connectivity index (χ0v) is 23.6. The number of ether oxygens (including phenoxy) is 1. The number of rotatable bonds is 7. The van der Waals surface area contributed by atoms with Gasteiger partial charge in [-0.15, -0.1) is 0 Å². The number of benzene rings is 3. The Morgan fingerprint density at radius 2 is 1.83 bits per heavy atom. The van der Waals surface area contributed by atoms with E-state index in [2.05, 4.69) is 57.7 Å². The van der Waals surface area contributed by atoms with E-state index in [4.69, 9.17) is 10.3 Å². The molecule has 2 aliphatic heterocycles. The van der Waals surface area contributed by atoms with Crippen LogP contribution in [0.5, 0.6) is 0 Å². The molecular weight excluding hydrogens is 532 g/mol. The van der Waals surface area contributed by atoms with Crippen LogP contribution < -0.4 is 4.90 Å². The Hall–Kier alpha value is -4.79. The molecule has 1 N–H and O–H groups in total. The summed E-state index contributed by atoms with van der Waals surface area (Å²) in [5, 5.41) is 14.2. The third-order valence-electron chi connectivity index (χ3n) is 8.40. The van der Waals surface area contributed by atoms with Crippen LogP contribution in [0.2, 0.25) is 0 Å². The summed E-state index contributed by atoms with van der Waals surface area (Å²) in [5.74, 6) is -1.000. The highest BCUT2D eigenvalue weighted by molar-refractivity contribution is 5.93. The van der Waals surface area contributed by atoms with Crippen molar-refractivity contribution in [3.05, 3.63) is 94.5 Å². The van der Waals surface area contributed by atoms with Gasteiger partial charge in [0.15, 0.2) is 0 Å². The minimum atomic E-state index is -1.000. The van der Waals surface area contributed by atoms with Crippen molar-refractivity contribution in [1.82, 2.24) is 9.47 Å². The molecule has 1 spiro atoms. The van der Waals surface area contributed by atoms with Crippen LogP contribution in [-0.4, -0.2) is 51.9 Å². The van der Waals surface area contributed by atoms with Gasteiger partial charge in [0.1, 0.15) is 5.60 Å². The molecule has 10 nitrogen and oxygen atoms in total. The zero-order valence-electron chi connectivity index (χ0n) is 23.6. The molecule has 1 amide bonds. The van der Waals surface area contributed by atoms with Gasteiger partial charge in [0.2, 0.25) is 0 Å². The molecule has 0 radical (unpaired) electrons. The standard InChI is InChI=1S/C32H32N6O4/c1-21(2)37-19-24(27-17-23(9-12-29(27)37)26-5-3-4-6-28(26)34-35-33)18-36-15-13-32(14-16-36)20-38(31(41)42-32)25-10-7-22(8-11-25)30(39)40/h3-12,17,19,21H,13-16,18,20H2,1-2H3,(H,39,40). The van der Waals surface area contributed by atoms with E-state index in [1.165, 1.54) is 23.1 Å². The van der Waals surface area contributed by atoms with Crippen LogP contribution in [0.1, 0.15) is 48.7 Å². The number of nitrogens with zero attached hydrogens (tertiary/aromatic N) is 6. The summed E-state index contributed by atoms with van der Waals surface area (Å²) in [6, 6.07) is 20.6. The van der Waals surface area contributed by atoms with Crippen molar-refractivity contribution >= 4 is 34.3 Å². The van der Waals surface area contributed by atoms with E-state index in [1.807, 2.05) is 24.3 Å². The van der Waals surface area contributed by atoms with Crippen molar-refractivity contribution in [3.63, 3.8) is 0 Å². The number of carbonyl (C=O) groups is 2. The lowest BCUT2D eigenvalue weighted by Crippen LogP contribution is -2.46. The number of aromatic nitrogens is 1. The summed E-state index contributed by atoms with van der Waals surface area (Å²) >= 11 is 0. The summed E-state index contributed by atoms with van der Waals surface area (Å²) in [7, 11) is 0. The molecule has 3 aromatic carbocycles. The molecule has 0 bridgehead atoms. The number of fused-ring (bicyclic) bond motifs is 1. The number of hydrogen-bond donors (Lipinski definition) is 1. The van der Waals surface area contributed by atoms with Crippen LogP contribution in [-0.2, 0) is 11.3 Å². The Balaban J connectivity index is 1.21. The normalized spacial score (nSPS) is 16.6. The van der Waals surface area contributed by atoms with E-state index in [0.29, 0.717) is 24.0 Å². The van der Waals surface area contributed by atoms with Gasteiger partial charge in [0, 0.05) is 71.9 Å². The Kier molecular flexibility index (Phi) is 7.10. The predicted octanol–water partition coefficient (Wildman–Crippen LogP) is 7.52. The third kappa shape index (κ3) is 5.06. The number of carboxylic acids is 1. The maximum atomic E-state index is 12.8. The minimum absolute atomic E-state index is 0.181. The number of hydrogen-bond acceptors (Lipinski definition) is 5. The molecule has 1 aromatic heterocycles. The monoisotopic (exact) mass is 564 g/mol. The highest BCUT2D eigenvalue weighted by Crippen LogP contribution is 2.38. The highest BCUT2D eigenvalue weighted by atomic mass is 16.6. The van der Waals surface area contributed by atoms with Crippen molar-refractivity contribution in [2.75, 3.05) is 24.5 Å². The fraction of sp³-hybridized carbons (Fsp3) is 0.312. The van der Waals surface area contributed by atoms with Crippen LogP contribution in [0, 0.1) is 0 Å². The maximum Gasteiger partial charge on any atom is 0.415 e. The van der Waals surface area contributed by atoms with Gasteiger partial charge in [-0.1, -0.05) is 35.4 Å². The van der Waals surface area contributed by atoms with E-state index in [-0.39, 0.29) is 11.7 Å². The van der Waals surface area contributed by atoms with Gasteiger partial charge < -0.3 is 14.4 Å². The average molecular weight is 565 g/mol. The quantitative estimate of drug-likeness (QED) is 0.141. The number of anilines is 1. The van der Waals surface area contributed by atoms with Crippen LogP contribution in [0.4, 0.5) is 16.2 Å². The fourth-order valence-electron chi connectivity index (χ4n) is 6.12. The molecule has 2 aliphatic rings. The molecule has 4 aromatic rings. The van der Waals surface area contributed by atoms with E-state index < -0.39 is 11.6 Å². The Labute approximate surface area is 243 Å². The lowest BCUT2D eigenvalue weighted by molar-refractivity contribution is -0.000898. The van der Waals surface area contributed by atoms with Gasteiger partial charge in [-0.3, -0.25) is 9.80 Å². The second-order valence-corrected chi connectivity index (χ2v) is 11.4. The SMILES string of the molecule is CC(C)n1cc(CN2CCC3(CC2)CN(c2ccc(C(=O)O)cc2)C(=O)O3)c2cc(-c3ccccc3N=[N+]=[N-])ccc21. The van der Waals surface area contributed by atoms with Crippen LogP contribution in [0.3, 0.4) is 0 Å². The van der Waals surface area contributed by atoms with E-state index in [9.17, 15) is 14.7 Å². The van der Waals surface area contributed by atoms with E-state index in [1.54, 1.807) is 17.0 Å². The first-order valence-corrected chi connectivity index (χ1v) is 14.1. The van der Waals surface area contributed by atoms with Crippen LogP contribution >= 0.6 is 0 Å². The third-order valence-corrected chi connectivity index (χ3v) is 8.40. The molecule has 2 fully saturated rings. The smallest absolute Gasteiger partial charge is 0.415 e. The first kappa shape index (κ1) is 27.4. The Morgan fingerprint density at radius 3 is 2.52 bits per heavy atom. The summed E-state index contributed by atoms with van der Waals surface area (Å²) in [4.78, 5) is 31.0. The molecule has 3 heterocycles. The van der Waals surface area contributed by atoms with Crippen molar-refractivity contribution in [3.8, 4) is 11.1 Å². The highest BCUT2D eigenvalue weighted by Gasteiger charge is 2.47. The lowest BCUT2D eigenvalue weighted by Gasteiger charge is -2.37. The molecule has 42 heavy (non-hydrogen) atoms. The van der Waals surface area contributed by atoms with Gasteiger partial charge in [-0.2, -0.15) is 0 Å². The molecule has 10 heteroatoms. The number of aromatic carboxylic acids is 1. The Morgan fingerprint density at radius 1 is 1.10 bits per heavy atom. The second-order valence-electron chi connectivity index (χ2n) is 11.4. The lowest BCUT2D eigenvalue weighted by atomic mass is 9.91. The van der Waals surface area contributed by atoms with E-state index >= 15 is 0 Å². The molecular formula is C32H32N6O4. The summed E-state index contributed by atoms with van der Waals surface area (Å²) in [5.41, 5.74) is 14.2. The predicted molar refractivity (Wildman–Crippen MR) is 161 cm³/mol. The largest absolute Gasteiger partial charge is 0.478 e. The first-order chi connectivity index (χ1) is 20.3. The zero-order chi connectivity index (χ0) is 29.4. The van der Waals surface area contributed by atoms with E-state index in [0.717, 1.165) is 49.1 Å². The number of carboxylic acid groups (broad SMARTS) is 1. The molecule has 2 saturated heterocycles. The average Bonchev–Trinajstić information content (AvgIpc) is 3.51. The summed E-state index contributed by atoms with van der Waals surface area (Å²) in [6.07, 6.45) is 3.28. The van der Waals surface area contributed by atoms with Crippen molar-refractivity contribution in [2.24, 2.45) is 5.11 Å².